The zero-order valence-corrected chi connectivity index (χ0v) is 10.9. The third-order valence-corrected chi connectivity index (χ3v) is 1.50. The molecule has 0 aromatic carbocycles. The molecule has 0 aromatic heterocycles. The van der Waals surface area contributed by atoms with Crippen LogP contribution in [-0.2, 0) is 9.59 Å². The summed E-state index contributed by atoms with van der Waals surface area (Å²) in [5.41, 5.74) is 0. The van der Waals surface area contributed by atoms with Crippen LogP contribution in [0.25, 0.3) is 0 Å². The van der Waals surface area contributed by atoms with E-state index in [2.05, 4.69) is 0 Å². The fourth-order valence-corrected chi connectivity index (χ4v) is 0.666. The topological polar surface area (TPSA) is 156 Å². The third kappa shape index (κ3) is 5.33. The molecule has 0 heterocycles. The molecular weight excluding hydrogens is 239 g/mol. The predicted octanol–water partition coefficient (Wildman–Crippen LogP) is -3.78. The number of aliphatic hydroxyl groups excluding tert-OH is 4. The van der Waals surface area contributed by atoms with E-state index in [9.17, 15) is 9.59 Å². The van der Waals surface area contributed by atoms with Crippen molar-refractivity contribution < 1.29 is 40.2 Å². The zero-order valence-electron chi connectivity index (χ0n) is 7.81. The molecule has 0 rings (SSSR count). The molecule has 8 nitrogen and oxygen atoms in total. The molecule has 0 amide bonds. The number of hydrogen-bond acceptors (Lipinski definition) is 6. The summed E-state index contributed by atoms with van der Waals surface area (Å²) in [6.07, 6.45) is -9.28. The Morgan fingerprint density at radius 2 is 0.933 bits per heavy atom. The first-order valence-corrected chi connectivity index (χ1v) is 3.47. The second-order valence-corrected chi connectivity index (χ2v) is 2.55. The van der Waals surface area contributed by atoms with E-state index >= 15 is 0 Å². The molecule has 0 bridgehead atoms. The van der Waals surface area contributed by atoms with Crippen LogP contribution in [-0.4, -0.2) is 118 Å². The molecule has 0 saturated heterocycles. The second-order valence-electron chi connectivity index (χ2n) is 2.55. The van der Waals surface area contributed by atoms with Crippen LogP contribution in [0.15, 0.2) is 0 Å². The van der Waals surface area contributed by atoms with E-state index in [1.54, 1.807) is 0 Å². The summed E-state index contributed by atoms with van der Waals surface area (Å²) in [6.45, 7) is 0. The zero-order chi connectivity index (χ0) is 11.5. The quantitative estimate of drug-likeness (QED) is 0.271. The van der Waals surface area contributed by atoms with Crippen LogP contribution in [0.2, 0.25) is 0 Å². The Morgan fingerprint density at radius 1 is 0.733 bits per heavy atom. The fraction of sp³-hybridized carbons (Fsp3) is 0.667. The molecule has 0 aromatic rings. The van der Waals surface area contributed by atoms with Gasteiger partial charge in [-0.2, -0.15) is 0 Å². The number of aliphatic hydroxyl groups is 4. The van der Waals surface area contributed by atoms with E-state index in [1.807, 2.05) is 0 Å². The van der Waals surface area contributed by atoms with Gasteiger partial charge in [-0.05, 0) is 0 Å². The van der Waals surface area contributed by atoms with Crippen molar-refractivity contribution in [2.75, 3.05) is 0 Å². The molecule has 83 valence electrons. The monoisotopic (exact) mass is 249 g/mol. The minimum atomic E-state index is -2.36. The Kier molecular flexibility index (Phi) is 9.08. The summed E-state index contributed by atoms with van der Waals surface area (Å²) < 4.78 is 0. The van der Waals surface area contributed by atoms with E-state index in [-0.39, 0.29) is 51.4 Å². The molecule has 0 aliphatic rings. The van der Waals surface area contributed by atoms with Gasteiger partial charge < -0.3 is 30.6 Å². The van der Waals surface area contributed by atoms with Crippen molar-refractivity contribution in [1.82, 2.24) is 0 Å². The maximum absolute atomic E-state index is 10.1. The minimum absolute atomic E-state index is 0. The molecule has 0 spiro atoms. The summed E-state index contributed by atoms with van der Waals surface area (Å²) in [5.74, 6) is -3.68. The molecule has 0 aliphatic carbocycles. The van der Waals surface area contributed by atoms with E-state index in [1.165, 1.54) is 0 Å². The Bertz CT molecular complexity index is 207. The van der Waals surface area contributed by atoms with E-state index < -0.39 is 36.4 Å². The van der Waals surface area contributed by atoms with Crippen molar-refractivity contribution in [1.29, 1.82) is 0 Å². The van der Waals surface area contributed by atoms with Gasteiger partial charge in [0.25, 0.3) is 0 Å². The summed E-state index contributed by atoms with van der Waals surface area (Å²) in [5, 5.41) is 51.5. The van der Waals surface area contributed by atoms with Gasteiger partial charge in [-0.3, -0.25) is 0 Å². The second kappa shape index (κ2) is 7.65. The molecule has 4 unspecified atom stereocenters. The minimum Gasteiger partial charge on any atom is -0.479 e. The molecule has 1 radical (unpaired) electrons. The van der Waals surface area contributed by atoms with Crippen molar-refractivity contribution in [2.24, 2.45) is 0 Å². The molecular formula is C6H10KO8. The Balaban J connectivity index is 0. The van der Waals surface area contributed by atoms with E-state index in [0.29, 0.717) is 0 Å². The number of carboxylic acids is 2. The van der Waals surface area contributed by atoms with Gasteiger partial charge >= 0.3 is 11.9 Å². The number of carboxylic acid groups (broad SMARTS) is 2. The Hall–Kier alpha value is 0.416. The van der Waals surface area contributed by atoms with Crippen LogP contribution < -0.4 is 0 Å². The Morgan fingerprint density at radius 3 is 1.07 bits per heavy atom. The fourth-order valence-electron chi connectivity index (χ4n) is 0.666. The number of hydrogen-bond donors (Lipinski definition) is 6. The van der Waals surface area contributed by atoms with Crippen LogP contribution in [0.5, 0.6) is 0 Å². The molecule has 0 aliphatic heterocycles. The van der Waals surface area contributed by atoms with Crippen LogP contribution in [0.1, 0.15) is 0 Å². The number of carbonyl (C=O) groups is 2. The smallest absolute Gasteiger partial charge is 0.335 e. The third-order valence-electron chi connectivity index (χ3n) is 1.50. The summed E-state index contributed by atoms with van der Waals surface area (Å²) in [6, 6.07) is 0. The molecule has 0 fully saturated rings. The molecule has 15 heavy (non-hydrogen) atoms. The van der Waals surface area contributed by atoms with Crippen molar-refractivity contribution in [3.05, 3.63) is 0 Å². The van der Waals surface area contributed by atoms with Crippen molar-refractivity contribution in [3.8, 4) is 0 Å². The van der Waals surface area contributed by atoms with Crippen LogP contribution in [0.4, 0.5) is 0 Å². The number of rotatable bonds is 5. The molecule has 0 saturated carbocycles. The van der Waals surface area contributed by atoms with Gasteiger partial charge in [-0.15, -0.1) is 0 Å². The summed E-state index contributed by atoms with van der Waals surface area (Å²) in [7, 11) is 0. The molecule has 6 N–H and O–H groups in total. The summed E-state index contributed by atoms with van der Waals surface area (Å²) >= 11 is 0. The van der Waals surface area contributed by atoms with Gasteiger partial charge in [0, 0.05) is 51.4 Å². The van der Waals surface area contributed by atoms with Crippen LogP contribution in [0, 0.1) is 0 Å². The first-order valence-electron chi connectivity index (χ1n) is 3.47. The standard InChI is InChI=1S/C6H10O8.K/c7-1(3(9)5(11)12)2(8)4(10)6(13)14;/h1-4,7-10H,(H,11,12)(H,13,14);. The van der Waals surface area contributed by atoms with Crippen LogP contribution in [0.3, 0.4) is 0 Å². The largest absolute Gasteiger partial charge is 0.479 e. The number of aliphatic carboxylic acids is 2. The van der Waals surface area contributed by atoms with Crippen molar-refractivity contribution in [3.63, 3.8) is 0 Å². The van der Waals surface area contributed by atoms with Gasteiger partial charge in [0.2, 0.25) is 0 Å². The normalized spacial score (nSPS) is 18.1. The summed E-state index contributed by atoms with van der Waals surface area (Å²) in [4.78, 5) is 20.2. The molecule has 9 heteroatoms. The van der Waals surface area contributed by atoms with Gasteiger partial charge in [-0.25, -0.2) is 9.59 Å². The van der Waals surface area contributed by atoms with Gasteiger partial charge in [0.1, 0.15) is 12.2 Å². The van der Waals surface area contributed by atoms with Crippen molar-refractivity contribution in [2.45, 2.75) is 24.4 Å². The SMILES string of the molecule is O=C(O)C(O)C(O)C(O)C(O)C(=O)O.[K]. The maximum Gasteiger partial charge on any atom is 0.335 e. The average Bonchev–Trinajstić information content (AvgIpc) is 2.12. The van der Waals surface area contributed by atoms with Gasteiger partial charge in [-0.1, -0.05) is 0 Å². The Labute approximate surface area is 127 Å². The van der Waals surface area contributed by atoms with E-state index in [4.69, 9.17) is 30.6 Å². The predicted molar refractivity (Wildman–Crippen MR) is 45.1 cm³/mol. The van der Waals surface area contributed by atoms with Crippen LogP contribution >= 0.6 is 0 Å². The first-order chi connectivity index (χ1) is 6.29. The van der Waals surface area contributed by atoms with Gasteiger partial charge in [0.05, 0.1) is 0 Å². The first kappa shape index (κ1) is 17.8. The maximum atomic E-state index is 10.1. The van der Waals surface area contributed by atoms with Gasteiger partial charge in [0.15, 0.2) is 12.2 Å². The van der Waals surface area contributed by atoms with E-state index in [0.717, 1.165) is 0 Å². The average molecular weight is 249 g/mol. The van der Waals surface area contributed by atoms with Crippen molar-refractivity contribution >= 4 is 63.3 Å². The molecule has 4 atom stereocenters.